The van der Waals surface area contributed by atoms with E-state index >= 15 is 0 Å². The molecule has 1 aromatic rings. The van der Waals surface area contributed by atoms with Crippen LogP contribution in [0.5, 0.6) is 0 Å². The van der Waals surface area contributed by atoms with Crippen LogP contribution in [0.25, 0.3) is 0 Å². The average Bonchev–Trinajstić information content (AvgIpc) is 2.21. The van der Waals surface area contributed by atoms with Crippen molar-refractivity contribution in [3.8, 4) is 0 Å². The number of rotatable bonds is 5. The van der Waals surface area contributed by atoms with Gasteiger partial charge in [0.1, 0.15) is 4.60 Å². The summed E-state index contributed by atoms with van der Waals surface area (Å²) in [4.78, 5) is 4.14. The Hall–Kier alpha value is -0.610. The molecule has 0 bridgehead atoms. The number of hydrogen-bond acceptors (Lipinski definition) is 3. The maximum Gasteiger partial charge on any atom is 0.129 e. The molecule has 0 aromatic carbocycles. The third-order valence-corrected chi connectivity index (χ3v) is 2.99. The number of anilines is 1. The first-order valence-corrected chi connectivity index (χ1v) is 5.74. The van der Waals surface area contributed by atoms with Gasteiger partial charge in [-0.3, -0.25) is 0 Å². The maximum atomic E-state index is 5.34. The van der Waals surface area contributed by atoms with Crippen molar-refractivity contribution in [2.24, 2.45) is 0 Å². The monoisotopic (exact) mass is 272 g/mol. The maximum absolute atomic E-state index is 5.34. The molecule has 0 amide bonds. The van der Waals surface area contributed by atoms with Gasteiger partial charge in [0.05, 0.1) is 11.3 Å². The zero-order valence-electron chi connectivity index (χ0n) is 9.38. The first-order valence-electron chi connectivity index (χ1n) is 4.95. The fraction of sp³-hybridized carbons (Fsp3) is 0.545. The summed E-state index contributed by atoms with van der Waals surface area (Å²) in [5, 5.41) is 3.31. The Bertz CT molecular complexity index is 315. The molecule has 1 N–H and O–H groups in total. The van der Waals surface area contributed by atoms with E-state index in [-0.39, 0.29) is 5.60 Å². The first kappa shape index (κ1) is 12.5. The van der Waals surface area contributed by atoms with Crippen LogP contribution in [-0.4, -0.2) is 24.2 Å². The van der Waals surface area contributed by atoms with Crippen LogP contribution in [0.2, 0.25) is 0 Å². The van der Waals surface area contributed by atoms with Gasteiger partial charge in [-0.25, -0.2) is 4.98 Å². The summed E-state index contributed by atoms with van der Waals surface area (Å²) in [5.41, 5.74) is 0.936. The number of methoxy groups -OCH3 is 1. The zero-order valence-corrected chi connectivity index (χ0v) is 11.0. The summed E-state index contributed by atoms with van der Waals surface area (Å²) in [6, 6.07) is 3.91. The highest BCUT2D eigenvalue weighted by Gasteiger charge is 2.15. The molecule has 0 saturated carbocycles. The molecule has 0 aliphatic carbocycles. The number of aromatic nitrogens is 1. The third kappa shape index (κ3) is 4.18. The van der Waals surface area contributed by atoms with Gasteiger partial charge in [0, 0.05) is 19.9 Å². The van der Waals surface area contributed by atoms with Crippen LogP contribution < -0.4 is 5.32 Å². The summed E-state index contributed by atoms with van der Waals surface area (Å²) < 4.78 is 6.19. The molecular weight excluding hydrogens is 256 g/mol. The fourth-order valence-corrected chi connectivity index (χ4v) is 1.51. The molecule has 4 heteroatoms. The van der Waals surface area contributed by atoms with Crippen LogP contribution >= 0.6 is 15.9 Å². The minimum atomic E-state index is -0.0817. The second-order valence-corrected chi connectivity index (χ2v) is 4.73. The number of nitrogens with one attached hydrogen (secondary N) is 1. The van der Waals surface area contributed by atoms with Crippen LogP contribution in [0, 0.1) is 0 Å². The molecular formula is C11H17BrN2O. The Labute approximate surface area is 99.4 Å². The molecule has 84 valence electrons. The van der Waals surface area contributed by atoms with Crippen molar-refractivity contribution < 1.29 is 4.74 Å². The van der Waals surface area contributed by atoms with Crippen molar-refractivity contribution >= 4 is 21.6 Å². The van der Waals surface area contributed by atoms with Gasteiger partial charge in [0.25, 0.3) is 0 Å². The van der Waals surface area contributed by atoms with Gasteiger partial charge in [-0.05, 0) is 48.3 Å². The molecule has 15 heavy (non-hydrogen) atoms. The van der Waals surface area contributed by atoms with Crippen molar-refractivity contribution in [1.29, 1.82) is 0 Å². The van der Waals surface area contributed by atoms with Gasteiger partial charge in [-0.1, -0.05) is 0 Å². The smallest absolute Gasteiger partial charge is 0.129 e. The van der Waals surface area contributed by atoms with Crippen molar-refractivity contribution in [3.05, 3.63) is 22.9 Å². The van der Waals surface area contributed by atoms with Gasteiger partial charge in [0.2, 0.25) is 0 Å². The molecule has 0 spiro atoms. The largest absolute Gasteiger partial charge is 0.383 e. The Kier molecular flexibility index (Phi) is 4.54. The van der Waals surface area contributed by atoms with Crippen LogP contribution in [0.4, 0.5) is 5.69 Å². The van der Waals surface area contributed by atoms with E-state index in [1.165, 1.54) is 0 Å². The number of hydrogen-bond donors (Lipinski definition) is 1. The molecule has 1 heterocycles. The number of ether oxygens (including phenoxy) is 1. The number of halogens is 1. The molecule has 3 nitrogen and oxygen atoms in total. The van der Waals surface area contributed by atoms with Crippen LogP contribution in [0.1, 0.15) is 20.3 Å². The molecule has 0 aliphatic rings. The first-order chi connectivity index (χ1) is 7.05. The normalized spacial score (nSPS) is 11.5. The van der Waals surface area contributed by atoms with E-state index in [1.807, 2.05) is 12.1 Å². The zero-order chi connectivity index (χ0) is 11.3. The molecule has 0 atom stereocenters. The van der Waals surface area contributed by atoms with Crippen molar-refractivity contribution in [1.82, 2.24) is 4.98 Å². The fourth-order valence-electron chi connectivity index (χ4n) is 1.12. The van der Waals surface area contributed by atoms with E-state index in [9.17, 15) is 0 Å². The van der Waals surface area contributed by atoms with E-state index < -0.39 is 0 Å². The lowest BCUT2D eigenvalue weighted by Crippen LogP contribution is -2.25. The molecule has 0 fully saturated rings. The van der Waals surface area contributed by atoms with Gasteiger partial charge in [-0.2, -0.15) is 0 Å². The average molecular weight is 273 g/mol. The molecule has 0 unspecified atom stereocenters. The highest BCUT2D eigenvalue weighted by molar-refractivity contribution is 9.10. The van der Waals surface area contributed by atoms with Crippen LogP contribution in [-0.2, 0) is 4.74 Å². The third-order valence-electron chi connectivity index (χ3n) is 2.35. The Balaban J connectivity index is 2.42. The number of nitrogens with zero attached hydrogens (tertiary/aromatic N) is 1. The molecule has 0 radical (unpaired) electrons. The van der Waals surface area contributed by atoms with Gasteiger partial charge < -0.3 is 10.1 Å². The van der Waals surface area contributed by atoms with Crippen molar-refractivity contribution in [2.45, 2.75) is 25.9 Å². The summed E-state index contributed by atoms with van der Waals surface area (Å²) in [7, 11) is 1.74. The van der Waals surface area contributed by atoms with Gasteiger partial charge in [-0.15, -0.1) is 0 Å². The Morgan fingerprint density at radius 2 is 2.27 bits per heavy atom. The Morgan fingerprint density at radius 1 is 1.53 bits per heavy atom. The highest BCUT2D eigenvalue weighted by atomic mass is 79.9. The van der Waals surface area contributed by atoms with E-state index in [2.05, 4.69) is 40.1 Å². The lowest BCUT2D eigenvalue weighted by molar-refractivity contribution is 0.0185. The summed E-state index contributed by atoms with van der Waals surface area (Å²) in [6.07, 6.45) is 2.71. The topological polar surface area (TPSA) is 34.1 Å². The lowest BCUT2D eigenvalue weighted by Gasteiger charge is -2.23. The van der Waals surface area contributed by atoms with E-state index in [0.29, 0.717) is 0 Å². The van der Waals surface area contributed by atoms with E-state index in [4.69, 9.17) is 4.74 Å². The van der Waals surface area contributed by atoms with Gasteiger partial charge >= 0.3 is 0 Å². The molecule has 1 aromatic heterocycles. The molecule has 0 aliphatic heterocycles. The number of pyridine rings is 1. The molecule has 1 rings (SSSR count). The van der Waals surface area contributed by atoms with Crippen molar-refractivity contribution in [2.75, 3.05) is 19.0 Å². The standard InChI is InChI=1S/C11H17BrN2O/c1-11(2,15-3)6-8-13-9-5-4-7-14-10(9)12/h4-5,7,13H,6,8H2,1-3H3. The predicted octanol–water partition coefficient (Wildman–Crippen LogP) is 3.07. The molecule has 0 saturated heterocycles. The van der Waals surface area contributed by atoms with E-state index in [0.717, 1.165) is 23.3 Å². The summed E-state index contributed by atoms with van der Waals surface area (Å²) in [5.74, 6) is 0. The highest BCUT2D eigenvalue weighted by Crippen LogP contribution is 2.19. The van der Waals surface area contributed by atoms with Crippen LogP contribution in [0.15, 0.2) is 22.9 Å². The van der Waals surface area contributed by atoms with Crippen molar-refractivity contribution in [3.63, 3.8) is 0 Å². The van der Waals surface area contributed by atoms with Gasteiger partial charge in [0.15, 0.2) is 0 Å². The summed E-state index contributed by atoms with van der Waals surface area (Å²) in [6.45, 7) is 5.02. The second-order valence-electron chi connectivity index (χ2n) is 3.98. The lowest BCUT2D eigenvalue weighted by atomic mass is 10.1. The quantitative estimate of drug-likeness (QED) is 0.837. The minimum Gasteiger partial charge on any atom is -0.383 e. The summed E-state index contributed by atoms with van der Waals surface area (Å²) >= 11 is 3.39. The van der Waals surface area contributed by atoms with E-state index in [1.54, 1.807) is 13.3 Å². The second kappa shape index (κ2) is 5.47. The SMILES string of the molecule is COC(C)(C)CCNc1cccnc1Br. The Morgan fingerprint density at radius 3 is 2.87 bits per heavy atom. The minimum absolute atomic E-state index is 0.0817. The van der Waals surface area contributed by atoms with Crippen LogP contribution in [0.3, 0.4) is 0 Å². The predicted molar refractivity (Wildman–Crippen MR) is 66.1 cm³/mol.